The Kier molecular flexibility index (Phi) is 8.22. The third-order valence-electron chi connectivity index (χ3n) is 7.85. The number of hydrogen-bond acceptors (Lipinski definition) is 4. The number of benzene rings is 3. The zero-order valence-corrected chi connectivity index (χ0v) is 21.6. The second-order valence-corrected chi connectivity index (χ2v) is 10.3. The van der Waals surface area contributed by atoms with Crippen LogP contribution in [-0.2, 0) is 0 Å². The highest BCUT2D eigenvalue weighted by Crippen LogP contribution is 2.39. The van der Waals surface area contributed by atoms with Crippen LogP contribution in [0.25, 0.3) is 10.8 Å². The molecule has 0 aromatic heterocycles. The molecule has 4 heteroatoms. The van der Waals surface area contributed by atoms with Crippen LogP contribution in [-0.4, -0.2) is 43.5 Å². The van der Waals surface area contributed by atoms with Crippen molar-refractivity contribution in [3.05, 3.63) is 71.3 Å². The van der Waals surface area contributed by atoms with Crippen molar-refractivity contribution in [2.45, 2.75) is 64.2 Å². The minimum Gasteiger partial charge on any atom is -0.494 e. The summed E-state index contributed by atoms with van der Waals surface area (Å²) in [7, 11) is 0. The van der Waals surface area contributed by atoms with Crippen molar-refractivity contribution in [1.82, 2.24) is 4.90 Å². The molecule has 1 aliphatic carbocycles. The molecule has 0 spiro atoms. The highest BCUT2D eigenvalue weighted by molar-refractivity contribution is 6.18. The lowest BCUT2D eigenvalue weighted by atomic mass is 9.79. The van der Waals surface area contributed by atoms with Crippen LogP contribution < -0.4 is 9.47 Å². The Morgan fingerprint density at radius 2 is 1.67 bits per heavy atom. The summed E-state index contributed by atoms with van der Waals surface area (Å²) in [5.41, 5.74) is 2.70. The van der Waals surface area contributed by atoms with Gasteiger partial charge in [0, 0.05) is 12.1 Å². The van der Waals surface area contributed by atoms with Crippen LogP contribution in [0.3, 0.4) is 0 Å². The number of piperidine rings is 1. The summed E-state index contributed by atoms with van der Waals surface area (Å²) in [6, 6.07) is 18.3. The average Bonchev–Trinajstić information content (AvgIpc) is 2.93. The van der Waals surface area contributed by atoms with Gasteiger partial charge in [-0.15, -0.1) is 0 Å². The van der Waals surface area contributed by atoms with Gasteiger partial charge in [-0.25, -0.2) is 0 Å². The smallest absolute Gasteiger partial charge is 0.197 e. The number of likely N-dealkylation sites (tertiary alicyclic amines) is 1. The average molecular weight is 486 g/mol. The topological polar surface area (TPSA) is 38.8 Å². The molecule has 3 aromatic rings. The third-order valence-corrected chi connectivity index (χ3v) is 7.85. The van der Waals surface area contributed by atoms with E-state index in [1.54, 1.807) is 0 Å². The van der Waals surface area contributed by atoms with Crippen molar-refractivity contribution >= 4 is 16.6 Å². The van der Waals surface area contributed by atoms with E-state index in [9.17, 15) is 4.79 Å². The summed E-state index contributed by atoms with van der Waals surface area (Å²) < 4.78 is 12.0. The van der Waals surface area contributed by atoms with Gasteiger partial charge in [-0.3, -0.25) is 9.69 Å². The summed E-state index contributed by atoms with van der Waals surface area (Å²) in [5, 5.41) is 2.06. The zero-order chi connectivity index (χ0) is 24.7. The maximum atomic E-state index is 14.3. The van der Waals surface area contributed by atoms with Gasteiger partial charge < -0.3 is 9.47 Å². The second-order valence-electron chi connectivity index (χ2n) is 10.3. The fraction of sp³-hybridized carbons (Fsp3) is 0.469. The van der Waals surface area contributed by atoms with Crippen molar-refractivity contribution < 1.29 is 14.3 Å². The van der Waals surface area contributed by atoms with Gasteiger partial charge in [-0.1, -0.05) is 49.9 Å². The second kappa shape index (κ2) is 11.9. The van der Waals surface area contributed by atoms with E-state index in [1.165, 1.54) is 44.1 Å². The number of rotatable bonds is 9. The van der Waals surface area contributed by atoms with E-state index in [-0.39, 0.29) is 5.78 Å². The summed E-state index contributed by atoms with van der Waals surface area (Å²) in [5.74, 6) is 2.03. The Balaban J connectivity index is 1.48. The lowest BCUT2D eigenvalue weighted by molar-refractivity contribution is 0.103. The van der Waals surface area contributed by atoms with E-state index in [0.29, 0.717) is 30.4 Å². The van der Waals surface area contributed by atoms with E-state index in [1.807, 2.05) is 37.3 Å². The molecule has 2 aliphatic rings. The standard InChI is InChI=1S/C32H39NO3/c1-2-35-26-16-18-28-25(23-26)15-17-27(24-11-5-3-6-12-24)31(28)32(34)29-13-7-8-14-30(29)36-22-21-33-19-9-4-10-20-33/h7-8,13-18,23-24H,2-6,9-12,19-22H2,1H3. The van der Waals surface area contributed by atoms with Crippen LogP contribution in [0, 0.1) is 0 Å². The monoisotopic (exact) mass is 485 g/mol. The maximum Gasteiger partial charge on any atom is 0.197 e. The van der Waals surface area contributed by atoms with Crippen molar-refractivity contribution in [2.24, 2.45) is 0 Å². The Morgan fingerprint density at radius 1 is 0.889 bits per heavy atom. The molecule has 0 unspecified atom stereocenters. The number of nitrogens with zero attached hydrogens (tertiary/aromatic N) is 1. The van der Waals surface area contributed by atoms with E-state index in [4.69, 9.17) is 9.47 Å². The normalized spacial score (nSPS) is 17.2. The minimum atomic E-state index is 0.0684. The molecule has 1 heterocycles. The summed E-state index contributed by atoms with van der Waals surface area (Å²) in [6.07, 6.45) is 9.92. The molecule has 0 amide bonds. The molecular formula is C32H39NO3. The highest BCUT2D eigenvalue weighted by atomic mass is 16.5. The first-order valence-electron chi connectivity index (χ1n) is 13.9. The number of carbonyl (C=O) groups is 1. The molecule has 0 N–H and O–H groups in total. The van der Waals surface area contributed by atoms with Crippen LogP contribution in [0.1, 0.15) is 85.7 Å². The molecule has 0 radical (unpaired) electrons. The van der Waals surface area contributed by atoms with Gasteiger partial charge in [0.25, 0.3) is 0 Å². The first-order valence-corrected chi connectivity index (χ1v) is 13.9. The predicted molar refractivity (Wildman–Crippen MR) is 147 cm³/mol. The van der Waals surface area contributed by atoms with E-state index < -0.39 is 0 Å². The van der Waals surface area contributed by atoms with E-state index in [0.717, 1.165) is 54.6 Å². The molecule has 36 heavy (non-hydrogen) atoms. The molecule has 1 saturated carbocycles. The summed E-state index contributed by atoms with van der Waals surface area (Å²) >= 11 is 0. The Labute approximate surface area is 215 Å². The van der Waals surface area contributed by atoms with Crippen LogP contribution in [0.4, 0.5) is 0 Å². The van der Waals surface area contributed by atoms with Gasteiger partial charge in [0.1, 0.15) is 18.1 Å². The first-order chi connectivity index (χ1) is 17.7. The molecule has 0 atom stereocenters. The van der Waals surface area contributed by atoms with E-state index >= 15 is 0 Å². The summed E-state index contributed by atoms with van der Waals surface area (Å²) in [4.78, 5) is 16.8. The SMILES string of the molecule is CCOc1ccc2c(C(=O)c3ccccc3OCCN3CCCCC3)c(C3CCCCC3)ccc2c1. The minimum absolute atomic E-state index is 0.0684. The molecule has 4 nitrogen and oxygen atoms in total. The maximum absolute atomic E-state index is 14.3. The van der Waals surface area contributed by atoms with Crippen LogP contribution in [0.2, 0.25) is 0 Å². The zero-order valence-electron chi connectivity index (χ0n) is 21.6. The number of hydrogen-bond donors (Lipinski definition) is 0. The molecule has 1 aliphatic heterocycles. The lowest BCUT2D eigenvalue weighted by Crippen LogP contribution is -2.33. The first kappa shape index (κ1) is 24.8. The Bertz CT molecular complexity index is 1180. The van der Waals surface area contributed by atoms with Crippen molar-refractivity contribution in [3.63, 3.8) is 0 Å². The lowest BCUT2D eigenvalue weighted by Gasteiger charge is -2.26. The highest BCUT2D eigenvalue weighted by Gasteiger charge is 2.26. The van der Waals surface area contributed by atoms with Crippen LogP contribution in [0.15, 0.2) is 54.6 Å². The van der Waals surface area contributed by atoms with Gasteiger partial charge in [0.15, 0.2) is 5.78 Å². The number of carbonyl (C=O) groups excluding carboxylic acids is 1. The van der Waals surface area contributed by atoms with Gasteiger partial charge in [0.2, 0.25) is 0 Å². The molecule has 3 aromatic carbocycles. The Morgan fingerprint density at radius 3 is 2.47 bits per heavy atom. The molecule has 0 bridgehead atoms. The fourth-order valence-corrected chi connectivity index (χ4v) is 5.97. The molecule has 5 rings (SSSR count). The van der Waals surface area contributed by atoms with Gasteiger partial charge >= 0.3 is 0 Å². The number of ether oxygens (including phenoxy) is 2. The summed E-state index contributed by atoms with van der Waals surface area (Å²) in [6.45, 7) is 6.42. The number of fused-ring (bicyclic) bond motifs is 1. The number of para-hydroxylation sites is 1. The van der Waals surface area contributed by atoms with Crippen molar-refractivity contribution in [3.8, 4) is 11.5 Å². The fourth-order valence-electron chi connectivity index (χ4n) is 5.97. The van der Waals surface area contributed by atoms with Gasteiger partial charge in [0.05, 0.1) is 12.2 Å². The largest absolute Gasteiger partial charge is 0.494 e. The molecule has 190 valence electrons. The molecule has 2 fully saturated rings. The quantitative estimate of drug-likeness (QED) is 0.296. The van der Waals surface area contributed by atoms with E-state index in [2.05, 4.69) is 29.2 Å². The molecule has 1 saturated heterocycles. The van der Waals surface area contributed by atoms with Crippen molar-refractivity contribution in [1.29, 1.82) is 0 Å². The van der Waals surface area contributed by atoms with Gasteiger partial charge in [-0.2, -0.15) is 0 Å². The predicted octanol–water partition coefficient (Wildman–Crippen LogP) is 7.38. The Hall–Kier alpha value is -2.85. The third kappa shape index (κ3) is 5.59. The molecular weight excluding hydrogens is 446 g/mol. The number of ketones is 1. The van der Waals surface area contributed by atoms with Gasteiger partial charge in [-0.05, 0) is 98.3 Å². The van der Waals surface area contributed by atoms with Crippen LogP contribution >= 0.6 is 0 Å². The van der Waals surface area contributed by atoms with Crippen LogP contribution in [0.5, 0.6) is 11.5 Å². The van der Waals surface area contributed by atoms with Crippen molar-refractivity contribution in [2.75, 3.05) is 32.8 Å².